The summed E-state index contributed by atoms with van der Waals surface area (Å²) >= 11 is 0. The molecular formula is C8H16N2. The molecule has 0 unspecified atom stereocenters. The Hall–Kier alpha value is -0.790. The molecule has 0 aliphatic rings. The molecule has 0 heterocycles. The number of nitrogens with zero attached hydrogens (tertiary/aromatic N) is 2. The van der Waals surface area contributed by atoms with E-state index in [4.69, 9.17) is 0 Å². The Morgan fingerprint density at radius 2 is 2.20 bits per heavy atom. The second kappa shape index (κ2) is 5.03. The molecule has 0 radical (unpaired) electrons. The summed E-state index contributed by atoms with van der Waals surface area (Å²) in [5.41, 5.74) is 0. The third-order valence-electron chi connectivity index (χ3n) is 1.47. The van der Waals surface area contributed by atoms with Gasteiger partial charge in [0.1, 0.15) is 5.84 Å². The zero-order valence-corrected chi connectivity index (χ0v) is 7.09. The van der Waals surface area contributed by atoms with Crippen LogP contribution in [-0.2, 0) is 0 Å². The molecule has 0 aromatic carbocycles. The molecule has 0 fully saturated rings. The SMILES string of the molecule is C=CN=C(CC)N(C)CC. The molecule has 0 aromatic rings. The van der Waals surface area contributed by atoms with E-state index in [1.165, 1.54) is 0 Å². The fraction of sp³-hybridized carbons (Fsp3) is 0.625. The predicted molar refractivity (Wildman–Crippen MR) is 46.2 cm³/mol. The van der Waals surface area contributed by atoms with Gasteiger partial charge >= 0.3 is 0 Å². The minimum Gasteiger partial charge on any atom is -0.363 e. The Labute approximate surface area is 63.3 Å². The van der Waals surface area contributed by atoms with Crippen LogP contribution in [0.1, 0.15) is 20.3 Å². The van der Waals surface area contributed by atoms with Crippen LogP contribution in [0, 0.1) is 0 Å². The topological polar surface area (TPSA) is 15.6 Å². The lowest BCUT2D eigenvalue weighted by atomic mass is 10.4. The Kier molecular flexibility index (Phi) is 4.63. The highest BCUT2D eigenvalue weighted by Gasteiger charge is 1.97. The molecule has 0 aliphatic carbocycles. The van der Waals surface area contributed by atoms with E-state index in [0.29, 0.717) is 0 Å². The lowest BCUT2D eigenvalue weighted by Crippen LogP contribution is -2.25. The fourth-order valence-electron chi connectivity index (χ4n) is 0.748. The van der Waals surface area contributed by atoms with Gasteiger partial charge in [0, 0.05) is 26.2 Å². The molecule has 0 saturated heterocycles. The highest BCUT2D eigenvalue weighted by molar-refractivity contribution is 5.82. The molecule has 0 N–H and O–H groups in total. The van der Waals surface area contributed by atoms with Crippen molar-refractivity contribution in [2.45, 2.75) is 20.3 Å². The second-order valence-corrected chi connectivity index (χ2v) is 2.10. The van der Waals surface area contributed by atoms with Gasteiger partial charge in [-0.3, -0.25) is 0 Å². The van der Waals surface area contributed by atoms with Crippen molar-refractivity contribution in [1.82, 2.24) is 4.90 Å². The van der Waals surface area contributed by atoms with Crippen molar-refractivity contribution in [2.75, 3.05) is 13.6 Å². The van der Waals surface area contributed by atoms with Gasteiger partial charge in [0.15, 0.2) is 0 Å². The van der Waals surface area contributed by atoms with Crippen LogP contribution in [0.25, 0.3) is 0 Å². The van der Waals surface area contributed by atoms with Crippen molar-refractivity contribution < 1.29 is 0 Å². The van der Waals surface area contributed by atoms with E-state index in [0.717, 1.165) is 18.8 Å². The number of hydrogen-bond acceptors (Lipinski definition) is 1. The van der Waals surface area contributed by atoms with Gasteiger partial charge in [-0.25, -0.2) is 4.99 Å². The van der Waals surface area contributed by atoms with E-state index in [9.17, 15) is 0 Å². The molecule has 2 nitrogen and oxygen atoms in total. The Morgan fingerprint density at radius 1 is 1.60 bits per heavy atom. The molecule has 0 spiro atoms. The standard InChI is InChI=1S/C8H16N2/c1-5-8(9-6-2)10(4)7-3/h6H,2,5,7H2,1,3-4H3. The Bertz CT molecular complexity index is 127. The van der Waals surface area contributed by atoms with Crippen molar-refractivity contribution >= 4 is 5.84 Å². The summed E-state index contributed by atoms with van der Waals surface area (Å²) in [4.78, 5) is 6.23. The molecular weight excluding hydrogens is 124 g/mol. The highest BCUT2D eigenvalue weighted by atomic mass is 15.1. The Balaban J connectivity index is 4.04. The predicted octanol–water partition coefficient (Wildman–Crippen LogP) is 1.89. The highest BCUT2D eigenvalue weighted by Crippen LogP contribution is 1.92. The van der Waals surface area contributed by atoms with Crippen LogP contribution >= 0.6 is 0 Å². The van der Waals surface area contributed by atoms with Crippen LogP contribution in [0.4, 0.5) is 0 Å². The van der Waals surface area contributed by atoms with Gasteiger partial charge < -0.3 is 4.90 Å². The monoisotopic (exact) mass is 140 g/mol. The normalized spacial score (nSPS) is 11.3. The summed E-state index contributed by atoms with van der Waals surface area (Å²) in [7, 11) is 2.03. The van der Waals surface area contributed by atoms with Gasteiger partial charge in [-0.2, -0.15) is 0 Å². The second-order valence-electron chi connectivity index (χ2n) is 2.10. The summed E-state index contributed by atoms with van der Waals surface area (Å²) in [6.07, 6.45) is 2.56. The van der Waals surface area contributed by atoms with Crippen molar-refractivity contribution in [1.29, 1.82) is 0 Å². The first-order valence-corrected chi connectivity index (χ1v) is 3.64. The van der Waals surface area contributed by atoms with Crippen LogP contribution in [-0.4, -0.2) is 24.3 Å². The minimum atomic E-state index is 0.969. The van der Waals surface area contributed by atoms with Crippen LogP contribution in [0.3, 0.4) is 0 Å². The molecule has 2 heteroatoms. The van der Waals surface area contributed by atoms with Crippen molar-refractivity contribution in [2.24, 2.45) is 4.99 Å². The van der Waals surface area contributed by atoms with Gasteiger partial charge in [0.05, 0.1) is 0 Å². The molecule has 0 aliphatic heterocycles. The van der Waals surface area contributed by atoms with E-state index in [-0.39, 0.29) is 0 Å². The third-order valence-corrected chi connectivity index (χ3v) is 1.47. The fourth-order valence-corrected chi connectivity index (χ4v) is 0.748. The third kappa shape index (κ3) is 2.67. The van der Waals surface area contributed by atoms with E-state index >= 15 is 0 Å². The molecule has 0 atom stereocenters. The zero-order valence-electron chi connectivity index (χ0n) is 7.09. The molecule has 0 amide bonds. The average Bonchev–Trinajstić information content (AvgIpc) is 1.99. The minimum absolute atomic E-state index is 0.969. The van der Waals surface area contributed by atoms with Gasteiger partial charge in [-0.15, -0.1) is 0 Å². The van der Waals surface area contributed by atoms with Crippen LogP contribution in [0.5, 0.6) is 0 Å². The maximum absolute atomic E-state index is 4.12. The van der Waals surface area contributed by atoms with E-state index < -0.39 is 0 Å². The Morgan fingerprint density at radius 3 is 2.50 bits per heavy atom. The molecule has 58 valence electrons. The summed E-state index contributed by atoms with van der Waals surface area (Å²) in [6.45, 7) is 8.75. The van der Waals surface area contributed by atoms with Gasteiger partial charge in [-0.05, 0) is 6.92 Å². The maximum Gasteiger partial charge on any atom is 0.103 e. The first kappa shape index (κ1) is 9.21. The van der Waals surface area contributed by atoms with Gasteiger partial charge in [0.25, 0.3) is 0 Å². The largest absolute Gasteiger partial charge is 0.363 e. The first-order chi connectivity index (χ1) is 4.76. The van der Waals surface area contributed by atoms with E-state index in [1.807, 2.05) is 7.05 Å². The summed E-state index contributed by atoms with van der Waals surface area (Å²) in [5, 5.41) is 0. The smallest absolute Gasteiger partial charge is 0.103 e. The van der Waals surface area contributed by atoms with E-state index in [1.54, 1.807) is 6.20 Å². The quantitative estimate of drug-likeness (QED) is 0.432. The van der Waals surface area contributed by atoms with Gasteiger partial charge in [-0.1, -0.05) is 13.5 Å². The molecule has 0 saturated carbocycles. The van der Waals surface area contributed by atoms with Gasteiger partial charge in [0.2, 0.25) is 0 Å². The van der Waals surface area contributed by atoms with Crippen LogP contribution < -0.4 is 0 Å². The lowest BCUT2D eigenvalue weighted by molar-refractivity contribution is 0.524. The first-order valence-electron chi connectivity index (χ1n) is 3.64. The zero-order chi connectivity index (χ0) is 7.98. The molecule has 0 bridgehead atoms. The van der Waals surface area contributed by atoms with Crippen molar-refractivity contribution in [3.8, 4) is 0 Å². The van der Waals surface area contributed by atoms with Crippen molar-refractivity contribution in [3.05, 3.63) is 12.8 Å². The van der Waals surface area contributed by atoms with Crippen LogP contribution in [0.2, 0.25) is 0 Å². The number of amidine groups is 1. The van der Waals surface area contributed by atoms with Crippen LogP contribution in [0.15, 0.2) is 17.8 Å². The average molecular weight is 140 g/mol. The molecule has 10 heavy (non-hydrogen) atoms. The lowest BCUT2D eigenvalue weighted by Gasteiger charge is -2.16. The summed E-state index contributed by atoms with van der Waals surface area (Å²) in [5.74, 6) is 1.09. The number of hydrogen-bond donors (Lipinski definition) is 0. The molecule has 0 rings (SSSR count). The van der Waals surface area contributed by atoms with Crippen molar-refractivity contribution in [3.63, 3.8) is 0 Å². The van der Waals surface area contributed by atoms with E-state index in [2.05, 4.69) is 30.3 Å². The molecule has 0 aromatic heterocycles. The number of rotatable bonds is 3. The maximum atomic E-state index is 4.12. The number of aliphatic imine (C=N–C) groups is 1. The summed E-state index contributed by atoms with van der Waals surface area (Å²) < 4.78 is 0. The summed E-state index contributed by atoms with van der Waals surface area (Å²) in [6, 6.07) is 0.